The van der Waals surface area contributed by atoms with E-state index in [4.69, 9.17) is 13.6 Å². The summed E-state index contributed by atoms with van der Waals surface area (Å²) in [5.74, 6) is 0.358. The van der Waals surface area contributed by atoms with Crippen LogP contribution in [0.25, 0.3) is 0 Å². The highest BCUT2D eigenvalue weighted by atomic mass is 19.3. The normalized spacial score (nSPS) is 13.0. The van der Waals surface area contributed by atoms with Gasteiger partial charge in [-0.15, -0.1) is 0 Å². The van der Waals surface area contributed by atoms with E-state index in [1.807, 2.05) is 0 Å². The van der Waals surface area contributed by atoms with Crippen molar-refractivity contribution in [3.63, 3.8) is 0 Å². The third kappa shape index (κ3) is 3.06. The number of rotatable bonds is 3. The predicted molar refractivity (Wildman–Crippen MR) is 93.5 cm³/mol. The lowest BCUT2D eigenvalue weighted by molar-refractivity contribution is -0.0498. The average molecular weight is 388 g/mol. The van der Waals surface area contributed by atoms with E-state index in [0.29, 0.717) is 17.1 Å². The fourth-order valence-corrected chi connectivity index (χ4v) is 3.31. The van der Waals surface area contributed by atoms with Gasteiger partial charge in [-0.05, 0) is 31.5 Å². The van der Waals surface area contributed by atoms with Crippen molar-refractivity contribution in [2.45, 2.75) is 26.4 Å². The smallest absolute Gasteiger partial charge is 0.387 e. The van der Waals surface area contributed by atoms with Crippen LogP contribution in [0.3, 0.4) is 0 Å². The molecule has 0 radical (unpaired) electrons. The average Bonchev–Trinajstić information content (AvgIpc) is 2.59. The van der Waals surface area contributed by atoms with Crippen molar-refractivity contribution in [1.29, 1.82) is 0 Å². The summed E-state index contributed by atoms with van der Waals surface area (Å²) in [6.45, 7) is 0.258. The van der Waals surface area contributed by atoms with Gasteiger partial charge in [0.05, 0.1) is 17.0 Å². The molecule has 4 rings (SSSR count). The zero-order valence-corrected chi connectivity index (χ0v) is 14.8. The van der Waals surface area contributed by atoms with Gasteiger partial charge in [-0.1, -0.05) is 12.1 Å². The van der Waals surface area contributed by atoms with E-state index >= 15 is 0 Å². The first-order chi connectivity index (χ1) is 13.3. The fourth-order valence-electron chi connectivity index (χ4n) is 3.31. The van der Waals surface area contributed by atoms with Gasteiger partial charge in [-0.25, -0.2) is 9.59 Å². The predicted octanol–water partition coefficient (Wildman–Crippen LogP) is 4.10. The van der Waals surface area contributed by atoms with Crippen molar-refractivity contribution < 1.29 is 27.1 Å². The second-order valence-electron chi connectivity index (χ2n) is 6.33. The molecule has 0 unspecified atom stereocenters. The van der Waals surface area contributed by atoms with Crippen LogP contribution in [0.4, 0.5) is 8.78 Å². The molecule has 3 aromatic rings. The molecule has 0 N–H and O–H groups in total. The molecule has 0 spiro atoms. The maximum atomic E-state index is 12.6. The zero-order chi connectivity index (χ0) is 20.0. The van der Waals surface area contributed by atoms with Gasteiger partial charge in [0.15, 0.2) is 0 Å². The third-order valence-electron chi connectivity index (χ3n) is 4.38. The van der Waals surface area contributed by atoms with Gasteiger partial charge in [-0.2, -0.15) is 8.78 Å². The number of hydrogen-bond donors (Lipinski definition) is 0. The van der Waals surface area contributed by atoms with Gasteiger partial charge in [0, 0.05) is 12.1 Å². The molecule has 0 fully saturated rings. The van der Waals surface area contributed by atoms with Crippen LogP contribution in [0.2, 0.25) is 0 Å². The SMILES string of the molecule is Cc1cc2c(c(=O)o1)C(c1ccc(OC(F)F)cc1)c1c(cc(C)oc1=O)O2. The Balaban J connectivity index is 1.94. The lowest BCUT2D eigenvalue weighted by atomic mass is 9.84. The third-order valence-corrected chi connectivity index (χ3v) is 4.38. The molecular weight excluding hydrogens is 374 g/mol. The Kier molecular flexibility index (Phi) is 4.26. The maximum absolute atomic E-state index is 12.6. The minimum atomic E-state index is -2.96. The van der Waals surface area contributed by atoms with Crippen LogP contribution in [0.15, 0.2) is 54.8 Å². The topological polar surface area (TPSA) is 78.9 Å². The molecule has 0 bridgehead atoms. The Hall–Kier alpha value is -3.42. The summed E-state index contributed by atoms with van der Waals surface area (Å²) in [5, 5.41) is 0. The van der Waals surface area contributed by atoms with Gasteiger partial charge in [-0.3, -0.25) is 0 Å². The lowest BCUT2D eigenvalue weighted by Crippen LogP contribution is -2.26. The first-order valence-electron chi connectivity index (χ1n) is 8.35. The number of aryl methyl sites for hydroxylation is 2. The molecule has 144 valence electrons. The van der Waals surface area contributed by atoms with Crippen molar-refractivity contribution in [3.8, 4) is 17.2 Å². The van der Waals surface area contributed by atoms with Crippen molar-refractivity contribution in [1.82, 2.24) is 0 Å². The zero-order valence-electron chi connectivity index (χ0n) is 14.8. The molecule has 3 heterocycles. The Morgan fingerprint density at radius 2 is 1.39 bits per heavy atom. The number of ether oxygens (including phenoxy) is 2. The summed E-state index contributed by atoms with van der Waals surface area (Å²) in [4.78, 5) is 25.1. The van der Waals surface area contributed by atoms with Gasteiger partial charge >= 0.3 is 17.9 Å². The number of halogens is 2. The van der Waals surface area contributed by atoms with Crippen molar-refractivity contribution in [3.05, 3.63) is 85.4 Å². The van der Waals surface area contributed by atoms with E-state index in [2.05, 4.69) is 4.74 Å². The van der Waals surface area contributed by atoms with E-state index in [1.165, 1.54) is 24.3 Å². The van der Waals surface area contributed by atoms with Crippen LogP contribution in [0.5, 0.6) is 17.2 Å². The van der Waals surface area contributed by atoms with E-state index in [9.17, 15) is 18.4 Å². The molecule has 8 heteroatoms. The summed E-state index contributed by atoms with van der Waals surface area (Å²) in [6, 6.07) is 8.79. The first kappa shape index (κ1) is 18.0. The highest BCUT2D eigenvalue weighted by Crippen LogP contribution is 2.45. The summed E-state index contributed by atoms with van der Waals surface area (Å²) in [6.07, 6.45) is 0. The molecule has 1 aliphatic heterocycles. The van der Waals surface area contributed by atoms with Crippen LogP contribution in [-0.4, -0.2) is 6.61 Å². The number of fused-ring (bicyclic) bond motifs is 2. The van der Waals surface area contributed by atoms with Crippen LogP contribution in [-0.2, 0) is 0 Å². The summed E-state index contributed by atoms with van der Waals surface area (Å²) < 4.78 is 45.3. The number of hydrogen-bond acceptors (Lipinski definition) is 6. The highest BCUT2D eigenvalue weighted by Gasteiger charge is 2.35. The quantitative estimate of drug-likeness (QED) is 0.526. The van der Waals surface area contributed by atoms with Crippen molar-refractivity contribution >= 4 is 0 Å². The van der Waals surface area contributed by atoms with Crippen LogP contribution in [0, 0.1) is 13.8 Å². The van der Waals surface area contributed by atoms with Crippen LogP contribution >= 0.6 is 0 Å². The Morgan fingerprint density at radius 1 is 0.893 bits per heavy atom. The van der Waals surface area contributed by atoms with E-state index < -0.39 is 23.8 Å². The van der Waals surface area contributed by atoms with Gasteiger partial charge in [0.25, 0.3) is 0 Å². The van der Waals surface area contributed by atoms with Gasteiger partial charge in [0.1, 0.15) is 28.8 Å². The monoisotopic (exact) mass is 388 g/mol. The van der Waals surface area contributed by atoms with E-state index in [-0.39, 0.29) is 28.4 Å². The lowest BCUT2D eigenvalue weighted by Gasteiger charge is -2.26. The second-order valence-corrected chi connectivity index (χ2v) is 6.33. The number of benzene rings is 1. The Labute approximate surface area is 156 Å². The Morgan fingerprint density at radius 3 is 1.86 bits per heavy atom. The second kappa shape index (κ2) is 6.63. The van der Waals surface area contributed by atoms with Crippen molar-refractivity contribution in [2.75, 3.05) is 0 Å². The molecule has 1 aromatic carbocycles. The molecule has 0 atom stereocenters. The van der Waals surface area contributed by atoms with E-state index in [0.717, 1.165) is 0 Å². The Bertz CT molecular complexity index is 1100. The maximum Gasteiger partial charge on any atom is 0.387 e. The fraction of sp³-hybridized carbons (Fsp3) is 0.200. The van der Waals surface area contributed by atoms with Gasteiger partial charge in [0.2, 0.25) is 0 Å². The standard InChI is InChI=1S/C20H14F2O6/c1-9-7-13-16(18(23)25-9)15(11-3-5-12(6-4-11)27-20(21)22)17-14(28-13)8-10(2)26-19(17)24/h3-8,15,20H,1-2H3. The molecule has 6 nitrogen and oxygen atoms in total. The minimum Gasteiger partial charge on any atom is -0.456 e. The van der Waals surface area contributed by atoms with Crippen LogP contribution in [0.1, 0.15) is 34.1 Å². The highest BCUT2D eigenvalue weighted by molar-refractivity contribution is 5.57. The summed E-state index contributed by atoms with van der Waals surface area (Å²) in [5.41, 5.74) is -0.537. The molecule has 0 saturated carbocycles. The molecular formula is C20H14F2O6. The first-order valence-corrected chi connectivity index (χ1v) is 8.35. The molecule has 28 heavy (non-hydrogen) atoms. The van der Waals surface area contributed by atoms with Gasteiger partial charge < -0.3 is 18.3 Å². The summed E-state index contributed by atoms with van der Waals surface area (Å²) in [7, 11) is 0. The molecule has 0 aliphatic carbocycles. The van der Waals surface area contributed by atoms with E-state index in [1.54, 1.807) is 26.0 Å². The number of alkyl halides is 2. The molecule has 2 aromatic heterocycles. The van der Waals surface area contributed by atoms with Crippen molar-refractivity contribution in [2.24, 2.45) is 0 Å². The molecule has 0 saturated heterocycles. The largest absolute Gasteiger partial charge is 0.456 e. The van der Waals surface area contributed by atoms with Crippen LogP contribution < -0.4 is 20.7 Å². The summed E-state index contributed by atoms with van der Waals surface area (Å²) >= 11 is 0. The molecule has 1 aliphatic rings. The molecule has 0 amide bonds. The minimum absolute atomic E-state index is 0.0434.